The summed E-state index contributed by atoms with van der Waals surface area (Å²) in [6, 6.07) is 24.6. The topological polar surface area (TPSA) is 55.8 Å². The largest absolute Gasteiger partial charge is 0.496 e. The number of likely N-dealkylation sites (tertiary alicyclic amines) is 1. The lowest BCUT2D eigenvalue weighted by atomic mass is 9.74. The molecule has 1 heterocycles. The second-order valence-corrected chi connectivity index (χ2v) is 7.10. The molecule has 30 heavy (non-hydrogen) atoms. The molecule has 0 radical (unpaired) electrons. The smallest absolute Gasteiger partial charge is 0.231 e. The first-order chi connectivity index (χ1) is 14.6. The Hall–Kier alpha value is -3.60. The van der Waals surface area contributed by atoms with Gasteiger partial charge in [-0.15, -0.1) is 0 Å². The number of hydrogen-bond donors (Lipinski definition) is 0. The molecule has 3 aromatic carbocycles. The van der Waals surface area contributed by atoms with E-state index in [9.17, 15) is 9.59 Å². The highest BCUT2D eigenvalue weighted by molar-refractivity contribution is 6.04. The third kappa shape index (κ3) is 2.94. The number of amides is 2. The summed E-state index contributed by atoms with van der Waals surface area (Å²) in [6.07, 6.45) is 0.357. The molecular formula is C25H23NO4. The van der Waals surface area contributed by atoms with Crippen molar-refractivity contribution >= 4 is 11.8 Å². The van der Waals surface area contributed by atoms with Gasteiger partial charge in [-0.2, -0.15) is 0 Å². The van der Waals surface area contributed by atoms with Crippen LogP contribution in [0.1, 0.15) is 29.5 Å². The number of benzene rings is 3. The maximum absolute atomic E-state index is 13.2. The van der Waals surface area contributed by atoms with Crippen LogP contribution in [0.15, 0.2) is 78.9 Å². The number of ether oxygens (including phenoxy) is 2. The van der Waals surface area contributed by atoms with Crippen LogP contribution in [0, 0.1) is 0 Å². The van der Waals surface area contributed by atoms with E-state index in [4.69, 9.17) is 9.47 Å². The number of carbonyl (C=O) groups excluding carboxylic acids is 2. The lowest BCUT2D eigenvalue weighted by molar-refractivity contribution is -0.143. The molecule has 5 nitrogen and oxygen atoms in total. The van der Waals surface area contributed by atoms with Gasteiger partial charge in [0.15, 0.2) is 0 Å². The first-order valence-electron chi connectivity index (χ1n) is 9.83. The summed E-state index contributed by atoms with van der Waals surface area (Å²) in [5, 5.41) is 0. The van der Waals surface area contributed by atoms with Crippen LogP contribution in [0.25, 0.3) is 0 Å². The van der Waals surface area contributed by atoms with Gasteiger partial charge in [-0.1, -0.05) is 66.7 Å². The fraction of sp³-hybridized carbons (Fsp3) is 0.200. The molecule has 4 rings (SSSR count). The van der Waals surface area contributed by atoms with E-state index in [2.05, 4.69) is 0 Å². The molecule has 3 aromatic rings. The number of rotatable bonds is 6. The first-order valence-corrected chi connectivity index (χ1v) is 9.83. The Morgan fingerprint density at radius 3 is 1.57 bits per heavy atom. The van der Waals surface area contributed by atoms with Gasteiger partial charge in [-0.05, 0) is 17.7 Å². The Morgan fingerprint density at radius 2 is 1.10 bits per heavy atom. The molecular weight excluding hydrogens is 378 g/mol. The molecule has 0 spiro atoms. The summed E-state index contributed by atoms with van der Waals surface area (Å²) in [5.74, 6) is 0.723. The second kappa shape index (κ2) is 8.03. The molecule has 0 aromatic heterocycles. The summed E-state index contributed by atoms with van der Waals surface area (Å²) in [7, 11) is 3.18. The Bertz CT molecular complexity index is 1010. The maximum atomic E-state index is 13.2. The van der Waals surface area contributed by atoms with Crippen molar-refractivity contribution in [3.05, 3.63) is 95.6 Å². The number of methoxy groups -OCH3 is 2. The summed E-state index contributed by atoms with van der Waals surface area (Å²) < 4.78 is 11.4. The average molecular weight is 401 g/mol. The Balaban J connectivity index is 2.20. The zero-order chi connectivity index (χ0) is 21.1. The van der Waals surface area contributed by atoms with Crippen LogP contribution in [0.4, 0.5) is 0 Å². The van der Waals surface area contributed by atoms with Crippen molar-refractivity contribution in [1.82, 2.24) is 4.90 Å². The Morgan fingerprint density at radius 1 is 0.667 bits per heavy atom. The molecule has 2 amide bonds. The molecule has 1 aliphatic heterocycles. The minimum Gasteiger partial charge on any atom is -0.496 e. The van der Waals surface area contributed by atoms with Gasteiger partial charge in [-0.25, -0.2) is 0 Å². The van der Waals surface area contributed by atoms with Crippen LogP contribution >= 0.6 is 0 Å². The van der Waals surface area contributed by atoms with Crippen LogP contribution in [0.5, 0.6) is 11.5 Å². The van der Waals surface area contributed by atoms with Gasteiger partial charge in [0.05, 0.1) is 14.2 Å². The third-order valence-electron chi connectivity index (χ3n) is 5.57. The van der Waals surface area contributed by atoms with Crippen LogP contribution < -0.4 is 9.47 Å². The van der Waals surface area contributed by atoms with Crippen LogP contribution in [0.2, 0.25) is 0 Å². The van der Waals surface area contributed by atoms with Gasteiger partial charge in [0.25, 0.3) is 0 Å². The third-order valence-corrected chi connectivity index (χ3v) is 5.57. The highest BCUT2D eigenvalue weighted by Gasteiger charge is 2.52. The number of hydrogen-bond acceptors (Lipinski definition) is 4. The summed E-state index contributed by atoms with van der Waals surface area (Å²) >= 11 is 0. The second-order valence-electron chi connectivity index (χ2n) is 7.10. The predicted octanol–water partition coefficient (Wildman–Crippen LogP) is 4.14. The van der Waals surface area contributed by atoms with Crippen molar-refractivity contribution in [2.45, 2.75) is 18.4 Å². The summed E-state index contributed by atoms with van der Waals surface area (Å²) in [5.41, 5.74) is 0.951. The molecule has 0 aliphatic carbocycles. The normalized spacial score (nSPS) is 14.1. The van der Waals surface area contributed by atoms with Crippen molar-refractivity contribution in [1.29, 1.82) is 0 Å². The summed E-state index contributed by atoms with van der Waals surface area (Å²) in [6.45, 7) is 0. The monoisotopic (exact) mass is 401 g/mol. The zero-order valence-corrected chi connectivity index (χ0v) is 17.0. The lowest BCUT2D eigenvalue weighted by Crippen LogP contribution is -2.51. The molecule has 5 heteroatoms. The van der Waals surface area contributed by atoms with Gasteiger partial charge >= 0.3 is 0 Å². The fourth-order valence-corrected chi connectivity index (χ4v) is 4.34. The van der Waals surface area contributed by atoms with Gasteiger partial charge in [0.1, 0.15) is 17.0 Å². The summed E-state index contributed by atoms with van der Waals surface area (Å²) in [4.78, 5) is 27.7. The number of nitrogens with zero attached hydrogens (tertiary/aromatic N) is 1. The first kappa shape index (κ1) is 19.7. The van der Waals surface area contributed by atoms with E-state index in [1.54, 1.807) is 14.2 Å². The molecule has 1 saturated heterocycles. The van der Waals surface area contributed by atoms with Crippen molar-refractivity contribution in [3.63, 3.8) is 0 Å². The average Bonchev–Trinajstić information content (AvgIpc) is 3.14. The van der Waals surface area contributed by atoms with Crippen LogP contribution in [0.3, 0.4) is 0 Å². The lowest BCUT2D eigenvalue weighted by Gasteiger charge is -2.43. The van der Waals surface area contributed by atoms with E-state index in [-0.39, 0.29) is 24.7 Å². The minimum absolute atomic E-state index is 0.178. The van der Waals surface area contributed by atoms with Crippen molar-refractivity contribution in [3.8, 4) is 11.5 Å². The standard InChI is InChI=1S/C25H23NO4/c1-29-21-14-8-6-12-19(21)25(18-10-4-3-5-11-18,26-23(27)16-17-24(26)28)20-13-7-9-15-22(20)30-2/h3-15H,16-17H2,1-2H3. The Labute approximate surface area is 175 Å². The van der Waals surface area contributed by atoms with Crippen molar-refractivity contribution < 1.29 is 19.1 Å². The zero-order valence-electron chi connectivity index (χ0n) is 17.0. The predicted molar refractivity (Wildman–Crippen MR) is 113 cm³/mol. The highest BCUT2D eigenvalue weighted by Crippen LogP contribution is 2.50. The van der Waals surface area contributed by atoms with E-state index in [0.717, 1.165) is 5.56 Å². The Kier molecular flexibility index (Phi) is 5.27. The fourth-order valence-electron chi connectivity index (χ4n) is 4.34. The molecule has 0 saturated carbocycles. The van der Waals surface area contributed by atoms with Crippen molar-refractivity contribution in [2.75, 3.05) is 14.2 Å². The van der Waals surface area contributed by atoms with Gasteiger partial charge in [-0.3, -0.25) is 14.5 Å². The van der Waals surface area contributed by atoms with Crippen LogP contribution in [-0.4, -0.2) is 30.9 Å². The van der Waals surface area contributed by atoms with Gasteiger partial charge < -0.3 is 9.47 Å². The molecule has 0 bridgehead atoms. The van der Waals surface area contributed by atoms with E-state index in [1.807, 2.05) is 78.9 Å². The van der Waals surface area contributed by atoms with E-state index in [0.29, 0.717) is 22.6 Å². The molecule has 0 unspecified atom stereocenters. The van der Waals surface area contributed by atoms with E-state index >= 15 is 0 Å². The van der Waals surface area contributed by atoms with Crippen LogP contribution in [-0.2, 0) is 15.1 Å². The quantitative estimate of drug-likeness (QED) is 0.460. The van der Waals surface area contributed by atoms with E-state index < -0.39 is 5.54 Å². The van der Waals surface area contributed by atoms with Crippen molar-refractivity contribution in [2.24, 2.45) is 0 Å². The molecule has 152 valence electrons. The maximum Gasteiger partial charge on any atom is 0.231 e. The number of para-hydroxylation sites is 2. The van der Waals surface area contributed by atoms with Gasteiger partial charge in [0.2, 0.25) is 11.8 Å². The molecule has 0 atom stereocenters. The SMILES string of the molecule is COc1ccccc1C(c1ccccc1)(c1ccccc1OC)N1C(=O)CCC1=O. The minimum atomic E-state index is -1.23. The molecule has 0 N–H and O–H groups in total. The van der Waals surface area contributed by atoms with Gasteiger partial charge in [0, 0.05) is 24.0 Å². The van der Waals surface area contributed by atoms with E-state index in [1.165, 1.54) is 4.90 Å². The highest BCUT2D eigenvalue weighted by atomic mass is 16.5. The number of carbonyl (C=O) groups is 2. The number of imide groups is 1. The molecule has 1 fully saturated rings. The molecule has 1 aliphatic rings.